The molecule has 148 valence electrons. The van der Waals surface area contributed by atoms with Crippen LogP contribution < -0.4 is 0 Å². The summed E-state index contributed by atoms with van der Waals surface area (Å²) in [6, 6.07) is 13.5. The van der Waals surface area contributed by atoms with Gasteiger partial charge in [0.2, 0.25) is 0 Å². The highest BCUT2D eigenvalue weighted by Crippen LogP contribution is 2.34. The summed E-state index contributed by atoms with van der Waals surface area (Å²) < 4.78 is 3.63. The summed E-state index contributed by atoms with van der Waals surface area (Å²) in [5.74, 6) is -0.0661. The quantitative estimate of drug-likeness (QED) is 0.496. The van der Waals surface area contributed by atoms with Crippen LogP contribution in [0.1, 0.15) is 39.2 Å². The lowest BCUT2D eigenvalue weighted by Crippen LogP contribution is -2.41. The summed E-state index contributed by atoms with van der Waals surface area (Å²) in [7, 11) is 0. The van der Waals surface area contributed by atoms with E-state index < -0.39 is 0 Å². The molecule has 1 unspecified atom stereocenters. The number of nitrogens with one attached hydrogen (secondary N) is 1. The predicted molar refractivity (Wildman–Crippen MR) is 110 cm³/mol. The van der Waals surface area contributed by atoms with Crippen LogP contribution in [0.25, 0.3) is 11.0 Å². The normalized spacial score (nSPS) is 16.3. The molecule has 0 bridgehead atoms. The van der Waals surface area contributed by atoms with E-state index in [2.05, 4.69) is 15.1 Å². The smallest absolute Gasteiger partial charge is 0.258 e. The number of amides is 1. The van der Waals surface area contributed by atoms with Gasteiger partial charge < -0.3 is 9.88 Å². The largest absolute Gasteiger partial charge is 0.348 e. The van der Waals surface area contributed by atoms with E-state index in [1.807, 2.05) is 65.0 Å². The van der Waals surface area contributed by atoms with Gasteiger partial charge in [0.25, 0.3) is 5.91 Å². The fourth-order valence-corrected chi connectivity index (χ4v) is 4.36. The number of aromatic amines is 1. The standard InChI is InChI=1S/C22H19N7O/c1-14-5-4-6-15-11-18(26-29(14)15)21-20-17(23-13-24-20)8-10-27(21)22(30)16-12-25-28-9-3-2-7-19(16)28/h2-7,9,11-13,21H,8,10H2,1H3,(H,23,24). The van der Waals surface area contributed by atoms with Crippen LogP contribution in [0.3, 0.4) is 0 Å². The van der Waals surface area contributed by atoms with Gasteiger partial charge in [0.05, 0.1) is 40.5 Å². The number of rotatable bonds is 2. The minimum Gasteiger partial charge on any atom is -0.348 e. The molecule has 0 aromatic carbocycles. The summed E-state index contributed by atoms with van der Waals surface area (Å²) in [5, 5.41) is 9.18. The van der Waals surface area contributed by atoms with Gasteiger partial charge in [-0.15, -0.1) is 0 Å². The Balaban J connectivity index is 1.50. The molecule has 1 aliphatic heterocycles. The number of hydrogen-bond donors (Lipinski definition) is 1. The zero-order valence-corrected chi connectivity index (χ0v) is 16.4. The average molecular weight is 397 g/mol. The summed E-state index contributed by atoms with van der Waals surface area (Å²) in [5.41, 5.74) is 6.12. The molecule has 0 fully saturated rings. The number of imidazole rings is 1. The maximum absolute atomic E-state index is 13.7. The minimum atomic E-state index is -0.356. The van der Waals surface area contributed by atoms with Crippen molar-refractivity contribution in [3.05, 3.63) is 89.5 Å². The molecule has 1 atom stereocenters. The molecule has 0 saturated heterocycles. The molecule has 6 heterocycles. The van der Waals surface area contributed by atoms with Gasteiger partial charge in [-0.25, -0.2) is 14.0 Å². The molecule has 0 spiro atoms. The number of carbonyl (C=O) groups excluding carboxylic acids is 1. The van der Waals surface area contributed by atoms with Crippen LogP contribution in [0.2, 0.25) is 0 Å². The Bertz CT molecular complexity index is 1410. The van der Waals surface area contributed by atoms with Crippen molar-refractivity contribution in [3.8, 4) is 0 Å². The maximum Gasteiger partial charge on any atom is 0.258 e. The third kappa shape index (κ3) is 2.40. The first kappa shape index (κ1) is 17.0. The van der Waals surface area contributed by atoms with Crippen molar-refractivity contribution in [1.82, 2.24) is 34.1 Å². The van der Waals surface area contributed by atoms with Crippen LogP contribution in [0.4, 0.5) is 0 Å². The molecule has 1 N–H and O–H groups in total. The fraction of sp³-hybridized carbons (Fsp3) is 0.182. The summed E-state index contributed by atoms with van der Waals surface area (Å²) in [6.45, 7) is 2.60. The van der Waals surface area contributed by atoms with E-state index in [9.17, 15) is 4.79 Å². The molecular formula is C22H19N7O. The maximum atomic E-state index is 13.7. The van der Waals surface area contributed by atoms with Gasteiger partial charge in [-0.1, -0.05) is 12.1 Å². The summed E-state index contributed by atoms with van der Waals surface area (Å²) >= 11 is 0. The molecule has 0 radical (unpaired) electrons. The molecule has 8 heteroatoms. The van der Waals surface area contributed by atoms with Crippen LogP contribution in [-0.4, -0.2) is 46.5 Å². The Morgan fingerprint density at radius 1 is 1.20 bits per heavy atom. The van der Waals surface area contributed by atoms with Crippen LogP contribution >= 0.6 is 0 Å². The van der Waals surface area contributed by atoms with Gasteiger partial charge in [0.1, 0.15) is 6.04 Å². The lowest BCUT2D eigenvalue weighted by molar-refractivity contribution is 0.0689. The zero-order valence-electron chi connectivity index (χ0n) is 16.4. The van der Waals surface area contributed by atoms with Gasteiger partial charge in [0, 0.05) is 30.6 Å². The first-order chi connectivity index (χ1) is 14.7. The van der Waals surface area contributed by atoms with Crippen LogP contribution in [-0.2, 0) is 6.42 Å². The second-order valence-corrected chi connectivity index (χ2v) is 7.58. The molecule has 1 aliphatic rings. The Labute approximate surface area is 171 Å². The molecule has 30 heavy (non-hydrogen) atoms. The van der Waals surface area contributed by atoms with E-state index in [-0.39, 0.29) is 11.9 Å². The second-order valence-electron chi connectivity index (χ2n) is 7.58. The highest BCUT2D eigenvalue weighted by Gasteiger charge is 2.37. The van der Waals surface area contributed by atoms with E-state index in [1.165, 1.54) is 0 Å². The average Bonchev–Trinajstić information content (AvgIpc) is 3.50. The number of aryl methyl sites for hydroxylation is 1. The molecule has 5 aromatic heterocycles. The lowest BCUT2D eigenvalue weighted by Gasteiger charge is -2.33. The monoisotopic (exact) mass is 397 g/mol. The number of nitrogens with zero attached hydrogens (tertiary/aromatic N) is 6. The molecule has 8 nitrogen and oxygen atoms in total. The Morgan fingerprint density at radius 2 is 2.13 bits per heavy atom. The van der Waals surface area contributed by atoms with Gasteiger partial charge in [-0.3, -0.25) is 4.79 Å². The Morgan fingerprint density at radius 3 is 3.03 bits per heavy atom. The first-order valence-electron chi connectivity index (χ1n) is 9.91. The fourth-order valence-electron chi connectivity index (χ4n) is 4.36. The topological polar surface area (TPSA) is 83.6 Å². The number of hydrogen-bond acceptors (Lipinski definition) is 4. The molecule has 6 rings (SSSR count). The van der Waals surface area contributed by atoms with Crippen molar-refractivity contribution in [2.75, 3.05) is 6.54 Å². The van der Waals surface area contributed by atoms with E-state index in [0.29, 0.717) is 12.1 Å². The molecular weight excluding hydrogens is 378 g/mol. The zero-order chi connectivity index (χ0) is 20.2. The minimum absolute atomic E-state index is 0.0661. The van der Waals surface area contributed by atoms with Gasteiger partial charge in [-0.2, -0.15) is 10.2 Å². The number of pyridine rings is 2. The summed E-state index contributed by atoms with van der Waals surface area (Å²) in [6.07, 6.45) is 5.91. The Hall–Kier alpha value is -3.94. The van der Waals surface area contributed by atoms with E-state index in [1.54, 1.807) is 17.0 Å². The van der Waals surface area contributed by atoms with E-state index >= 15 is 0 Å². The van der Waals surface area contributed by atoms with Crippen molar-refractivity contribution in [2.45, 2.75) is 19.4 Å². The van der Waals surface area contributed by atoms with Crippen LogP contribution in [0.15, 0.2) is 61.2 Å². The third-order valence-electron chi connectivity index (χ3n) is 5.82. The van der Waals surface area contributed by atoms with Crippen LogP contribution in [0.5, 0.6) is 0 Å². The van der Waals surface area contributed by atoms with Crippen molar-refractivity contribution >= 4 is 16.9 Å². The van der Waals surface area contributed by atoms with Gasteiger partial charge in [-0.05, 0) is 37.3 Å². The predicted octanol–water partition coefficient (Wildman–Crippen LogP) is 2.80. The third-order valence-corrected chi connectivity index (χ3v) is 5.82. The molecule has 1 amide bonds. The summed E-state index contributed by atoms with van der Waals surface area (Å²) in [4.78, 5) is 23.3. The van der Waals surface area contributed by atoms with Crippen molar-refractivity contribution in [1.29, 1.82) is 0 Å². The van der Waals surface area contributed by atoms with Gasteiger partial charge >= 0.3 is 0 Å². The lowest BCUT2D eigenvalue weighted by atomic mass is 9.98. The second kappa shape index (κ2) is 6.28. The number of aromatic nitrogens is 6. The number of fused-ring (bicyclic) bond motifs is 3. The van der Waals surface area contributed by atoms with E-state index in [0.717, 1.165) is 40.2 Å². The Kier molecular flexibility index (Phi) is 3.55. The van der Waals surface area contributed by atoms with Crippen molar-refractivity contribution in [3.63, 3.8) is 0 Å². The number of H-pyrrole nitrogens is 1. The highest BCUT2D eigenvalue weighted by molar-refractivity contribution is 6.01. The SMILES string of the molecule is Cc1cccc2cc(C3c4nc[nH]c4CCN3C(=O)c3cnn4ccccc34)nn12. The number of carbonyl (C=O) groups is 1. The molecule has 0 aliphatic carbocycles. The molecule has 5 aromatic rings. The van der Waals surface area contributed by atoms with Gasteiger partial charge in [0.15, 0.2) is 0 Å². The van der Waals surface area contributed by atoms with Crippen molar-refractivity contribution in [2.24, 2.45) is 0 Å². The first-order valence-corrected chi connectivity index (χ1v) is 9.91. The van der Waals surface area contributed by atoms with Crippen molar-refractivity contribution < 1.29 is 4.79 Å². The highest BCUT2D eigenvalue weighted by atomic mass is 16.2. The van der Waals surface area contributed by atoms with Crippen LogP contribution in [0, 0.1) is 6.92 Å². The van der Waals surface area contributed by atoms with E-state index in [4.69, 9.17) is 5.10 Å². The molecule has 0 saturated carbocycles.